The fraction of sp³-hybridized carbons (Fsp3) is 0.929. The first-order chi connectivity index (χ1) is 14.7. The predicted octanol–water partition coefficient (Wildman–Crippen LogP) is 8.67. The zero-order valence-corrected chi connectivity index (χ0v) is 20.0. The van der Waals surface area contributed by atoms with Crippen LogP contribution in [0.3, 0.4) is 0 Å². The molecule has 0 aromatic carbocycles. The van der Waals surface area contributed by atoms with Crippen LogP contribution in [0.5, 0.6) is 0 Å². The Hall–Kier alpha value is -0.370. The van der Waals surface area contributed by atoms with E-state index >= 15 is 0 Å². The quantitative estimate of drug-likeness (QED) is 0.321. The van der Waals surface area contributed by atoms with Gasteiger partial charge in [0.1, 0.15) is 6.17 Å². The molecule has 1 nitrogen and oxygen atoms in total. The highest BCUT2D eigenvalue weighted by Gasteiger charge is 2.34. The summed E-state index contributed by atoms with van der Waals surface area (Å²) < 4.78 is 19.3. The Morgan fingerprint density at radius 3 is 1.77 bits per heavy atom. The Morgan fingerprint density at radius 2 is 1.27 bits per heavy atom. The average Bonchev–Trinajstić information content (AvgIpc) is 2.81. The van der Waals surface area contributed by atoms with E-state index in [0.717, 1.165) is 49.0 Å². The molecule has 1 unspecified atom stereocenters. The van der Waals surface area contributed by atoms with Crippen LogP contribution in [0, 0.1) is 29.6 Å². The van der Waals surface area contributed by atoms with Gasteiger partial charge in [-0.1, -0.05) is 38.8 Å². The molecule has 2 heteroatoms. The summed E-state index contributed by atoms with van der Waals surface area (Å²) in [7, 11) is 0. The lowest BCUT2D eigenvalue weighted by molar-refractivity contribution is 0.00569. The van der Waals surface area contributed by atoms with E-state index in [1.807, 2.05) is 6.92 Å². The van der Waals surface area contributed by atoms with Gasteiger partial charge in [0.2, 0.25) is 0 Å². The summed E-state index contributed by atoms with van der Waals surface area (Å²) in [5.41, 5.74) is 0. The minimum absolute atomic E-state index is 0.563. The average molecular weight is 421 g/mol. The summed E-state index contributed by atoms with van der Waals surface area (Å²) in [4.78, 5) is 0. The van der Waals surface area contributed by atoms with Crippen molar-refractivity contribution in [3.8, 4) is 0 Å². The van der Waals surface area contributed by atoms with Gasteiger partial charge >= 0.3 is 0 Å². The molecular weight excluding hydrogens is 371 g/mol. The lowest BCUT2D eigenvalue weighted by atomic mass is 9.65. The summed E-state index contributed by atoms with van der Waals surface area (Å²) in [6, 6.07) is 0. The van der Waals surface area contributed by atoms with E-state index in [2.05, 4.69) is 13.0 Å². The molecule has 0 heterocycles. The van der Waals surface area contributed by atoms with Crippen LogP contribution in [0.2, 0.25) is 0 Å². The SMILES string of the molecule is CCCOC1CCC(C2CCC(C3CCC(CC/C=C/C(F)CC)CC3)CC2)CC1. The van der Waals surface area contributed by atoms with E-state index in [-0.39, 0.29) is 0 Å². The zero-order chi connectivity index (χ0) is 21.2. The highest BCUT2D eigenvalue weighted by molar-refractivity contribution is 4.90. The Labute approximate surface area is 186 Å². The molecule has 30 heavy (non-hydrogen) atoms. The topological polar surface area (TPSA) is 9.23 Å². The van der Waals surface area contributed by atoms with E-state index in [9.17, 15) is 4.39 Å². The molecule has 3 rings (SSSR count). The fourth-order valence-electron chi connectivity index (χ4n) is 6.76. The number of halogens is 1. The summed E-state index contributed by atoms with van der Waals surface area (Å²) >= 11 is 0. The largest absolute Gasteiger partial charge is 0.378 e. The Balaban J connectivity index is 1.29. The second-order valence-electron chi connectivity index (χ2n) is 10.8. The van der Waals surface area contributed by atoms with E-state index < -0.39 is 6.17 Å². The van der Waals surface area contributed by atoms with Crippen molar-refractivity contribution in [3.05, 3.63) is 12.2 Å². The van der Waals surface area contributed by atoms with Gasteiger partial charge in [0.25, 0.3) is 0 Å². The highest BCUT2D eigenvalue weighted by Crippen LogP contribution is 2.45. The maximum absolute atomic E-state index is 13.3. The Kier molecular flexibility index (Phi) is 10.7. The molecule has 3 saturated carbocycles. The third-order valence-corrected chi connectivity index (χ3v) is 8.79. The van der Waals surface area contributed by atoms with E-state index in [0.29, 0.717) is 12.5 Å². The van der Waals surface area contributed by atoms with Crippen molar-refractivity contribution in [2.45, 2.75) is 129 Å². The third-order valence-electron chi connectivity index (χ3n) is 8.79. The summed E-state index contributed by atoms with van der Waals surface area (Å²) in [5.74, 6) is 4.92. The molecule has 3 aliphatic rings. The van der Waals surface area contributed by atoms with Crippen molar-refractivity contribution in [3.63, 3.8) is 0 Å². The molecule has 0 amide bonds. The van der Waals surface area contributed by atoms with Crippen LogP contribution in [-0.4, -0.2) is 18.9 Å². The molecular formula is C28H49FO. The number of hydrogen-bond donors (Lipinski definition) is 0. The smallest absolute Gasteiger partial charge is 0.118 e. The normalized spacial score (nSPS) is 36.8. The van der Waals surface area contributed by atoms with Gasteiger partial charge in [0.15, 0.2) is 0 Å². The van der Waals surface area contributed by atoms with Gasteiger partial charge < -0.3 is 4.74 Å². The van der Waals surface area contributed by atoms with Gasteiger partial charge in [-0.2, -0.15) is 0 Å². The van der Waals surface area contributed by atoms with Gasteiger partial charge in [-0.3, -0.25) is 0 Å². The number of ether oxygens (including phenoxy) is 1. The van der Waals surface area contributed by atoms with Crippen LogP contribution in [-0.2, 0) is 4.74 Å². The van der Waals surface area contributed by atoms with Gasteiger partial charge in [-0.05, 0) is 119 Å². The van der Waals surface area contributed by atoms with E-state index in [1.54, 1.807) is 6.08 Å². The van der Waals surface area contributed by atoms with Crippen LogP contribution in [0.15, 0.2) is 12.2 Å². The molecule has 0 radical (unpaired) electrons. The second kappa shape index (κ2) is 13.2. The summed E-state index contributed by atoms with van der Waals surface area (Å²) in [6.07, 6.45) is 25.1. The first kappa shape index (κ1) is 24.3. The standard InChI is InChI=1S/C28H49FO/c1-3-21-30-28-19-17-26(18-20-28)25-15-13-24(14-16-25)23-11-9-22(10-12-23)7-5-6-8-27(29)4-2/h6,8,22-28H,3-5,7,9-21H2,1-2H3/b8-6+. The predicted molar refractivity (Wildman–Crippen MR) is 126 cm³/mol. The molecule has 0 aliphatic heterocycles. The number of rotatable bonds is 10. The maximum atomic E-state index is 13.3. The molecule has 0 N–H and O–H groups in total. The van der Waals surface area contributed by atoms with Crippen LogP contribution in [0.1, 0.15) is 117 Å². The number of hydrogen-bond acceptors (Lipinski definition) is 1. The molecule has 174 valence electrons. The van der Waals surface area contributed by atoms with Gasteiger partial charge in [-0.25, -0.2) is 4.39 Å². The molecule has 0 saturated heterocycles. The Bertz CT molecular complexity index is 465. The minimum Gasteiger partial charge on any atom is -0.378 e. The third kappa shape index (κ3) is 7.64. The van der Waals surface area contributed by atoms with Crippen LogP contribution in [0.4, 0.5) is 4.39 Å². The fourth-order valence-corrected chi connectivity index (χ4v) is 6.76. The number of allylic oxidation sites excluding steroid dienone is 2. The van der Waals surface area contributed by atoms with Crippen molar-refractivity contribution >= 4 is 0 Å². The molecule has 0 aromatic rings. The van der Waals surface area contributed by atoms with Gasteiger partial charge in [-0.15, -0.1) is 0 Å². The second-order valence-corrected chi connectivity index (χ2v) is 10.8. The van der Waals surface area contributed by atoms with Crippen molar-refractivity contribution < 1.29 is 9.13 Å². The van der Waals surface area contributed by atoms with Crippen molar-refractivity contribution in [1.82, 2.24) is 0 Å². The summed E-state index contributed by atoms with van der Waals surface area (Å²) in [6.45, 7) is 5.08. The lowest BCUT2D eigenvalue weighted by Crippen LogP contribution is -2.31. The van der Waals surface area contributed by atoms with E-state index in [4.69, 9.17) is 4.74 Å². The Morgan fingerprint density at radius 1 is 0.767 bits per heavy atom. The zero-order valence-electron chi connectivity index (χ0n) is 20.0. The van der Waals surface area contributed by atoms with Crippen molar-refractivity contribution in [1.29, 1.82) is 0 Å². The maximum Gasteiger partial charge on any atom is 0.118 e. The molecule has 1 atom stereocenters. The van der Waals surface area contributed by atoms with Crippen LogP contribution in [0.25, 0.3) is 0 Å². The highest BCUT2D eigenvalue weighted by atomic mass is 19.1. The molecule has 0 bridgehead atoms. The molecule has 3 aliphatic carbocycles. The van der Waals surface area contributed by atoms with E-state index in [1.165, 1.54) is 83.5 Å². The van der Waals surface area contributed by atoms with Crippen LogP contribution < -0.4 is 0 Å². The lowest BCUT2D eigenvalue weighted by Gasteiger charge is -2.41. The molecule has 0 spiro atoms. The van der Waals surface area contributed by atoms with Gasteiger partial charge in [0.05, 0.1) is 6.10 Å². The van der Waals surface area contributed by atoms with Crippen molar-refractivity contribution in [2.75, 3.05) is 6.61 Å². The summed E-state index contributed by atoms with van der Waals surface area (Å²) in [5, 5.41) is 0. The number of alkyl halides is 1. The van der Waals surface area contributed by atoms with Crippen LogP contribution >= 0.6 is 0 Å². The first-order valence-corrected chi connectivity index (χ1v) is 13.6. The first-order valence-electron chi connectivity index (χ1n) is 13.6. The monoisotopic (exact) mass is 420 g/mol. The van der Waals surface area contributed by atoms with Gasteiger partial charge in [0, 0.05) is 6.61 Å². The minimum atomic E-state index is -0.736. The van der Waals surface area contributed by atoms with Crippen molar-refractivity contribution in [2.24, 2.45) is 29.6 Å². The molecule has 0 aromatic heterocycles. The molecule has 3 fully saturated rings.